The van der Waals surface area contributed by atoms with Gasteiger partial charge in [-0.1, -0.05) is 47.0 Å². The van der Waals surface area contributed by atoms with Gasteiger partial charge in [-0.3, -0.25) is 4.79 Å². The van der Waals surface area contributed by atoms with Crippen LogP contribution >= 0.6 is 0 Å². The topological polar surface area (TPSA) is 55.1 Å². The number of hydrogen-bond donors (Lipinski definition) is 2. The van der Waals surface area contributed by atoms with E-state index in [1.54, 1.807) is 0 Å². The van der Waals surface area contributed by atoms with Crippen LogP contribution in [0.3, 0.4) is 0 Å². The van der Waals surface area contributed by atoms with Crippen LogP contribution in [0.25, 0.3) is 0 Å². The highest BCUT2D eigenvalue weighted by atomic mass is 16.2. The molecule has 0 aromatic rings. The second-order valence-corrected chi connectivity index (χ2v) is 6.88. The molecule has 0 aliphatic heterocycles. The Labute approximate surface area is 112 Å². The molecule has 1 aliphatic carbocycles. The molecule has 0 aromatic carbocycles. The van der Waals surface area contributed by atoms with Gasteiger partial charge in [0, 0.05) is 6.54 Å². The van der Waals surface area contributed by atoms with Crippen LogP contribution in [0.5, 0.6) is 0 Å². The van der Waals surface area contributed by atoms with Crippen LogP contribution in [0.2, 0.25) is 0 Å². The number of amides is 1. The smallest absolute Gasteiger partial charge is 0.237 e. The third kappa shape index (κ3) is 4.60. The van der Waals surface area contributed by atoms with Crippen LogP contribution in [0.1, 0.15) is 59.8 Å². The van der Waals surface area contributed by atoms with E-state index >= 15 is 0 Å². The zero-order chi connectivity index (χ0) is 13.8. The molecule has 1 rings (SSSR count). The molecule has 18 heavy (non-hydrogen) atoms. The second-order valence-electron chi connectivity index (χ2n) is 6.88. The average Bonchev–Trinajstić information content (AvgIpc) is 2.34. The van der Waals surface area contributed by atoms with Gasteiger partial charge in [0.2, 0.25) is 5.91 Å². The first-order chi connectivity index (χ1) is 8.34. The maximum absolute atomic E-state index is 11.9. The lowest BCUT2D eigenvalue weighted by Gasteiger charge is -2.30. The molecular formula is C15H30N2O. The van der Waals surface area contributed by atoms with Crippen LogP contribution < -0.4 is 11.1 Å². The zero-order valence-electron chi connectivity index (χ0n) is 12.5. The van der Waals surface area contributed by atoms with Crippen molar-refractivity contribution in [2.45, 2.75) is 65.8 Å². The van der Waals surface area contributed by atoms with Gasteiger partial charge in [0.1, 0.15) is 0 Å². The first kappa shape index (κ1) is 15.5. The van der Waals surface area contributed by atoms with E-state index in [-0.39, 0.29) is 11.3 Å². The van der Waals surface area contributed by atoms with E-state index in [1.165, 1.54) is 32.1 Å². The number of rotatable bonds is 4. The molecule has 0 spiro atoms. The minimum Gasteiger partial charge on any atom is -0.354 e. The van der Waals surface area contributed by atoms with Crippen molar-refractivity contribution in [2.75, 3.05) is 6.54 Å². The fraction of sp³-hybridized carbons (Fsp3) is 0.933. The monoisotopic (exact) mass is 254 g/mol. The molecule has 1 saturated carbocycles. The van der Waals surface area contributed by atoms with Crippen molar-refractivity contribution >= 4 is 5.91 Å². The number of nitrogens with one attached hydrogen (secondary N) is 1. The van der Waals surface area contributed by atoms with Gasteiger partial charge in [0.25, 0.3) is 0 Å². The van der Waals surface area contributed by atoms with E-state index in [9.17, 15) is 4.79 Å². The normalized spacial score (nSPS) is 26.7. The zero-order valence-corrected chi connectivity index (χ0v) is 12.5. The maximum atomic E-state index is 11.9. The Bertz CT molecular complexity index is 262. The van der Waals surface area contributed by atoms with E-state index in [2.05, 4.69) is 12.2 Å². The lowest BCUT2D eigenvalue weighted by molar-refractivity contribution is -0.124. The molecule has 1 amide bonds. The summed E-state index contributed by atoms with van der Waals surface area (Å²) in [5.41, 5.74) is 5.78. The van der Waals surface area contributed by atoms with Gasteiger partial charge in [-0.05, 0) is 30.1 Å². The van der Waals surface area contributed by atoms with E-state index in [0.29, 0.717) is 5.92 Å². The highest BCUT2D eigenvalue weighted by molar-refractivity contribution is 5.82. The molecule has 1 fully saturated rings. The Morgan fingerprint density at radius 3 is 2.17 bits per heavy atom. The van der Waals surface area contributed by atoms with Crippen molar-refractivity contribution in [1.82, 2.24) is 5.32 Å². The summed E-state index contributed by atoms with van der Waals surface area (Å²) in [5.74, 6) is 1.57. The predicted molar refractivity (Wildman–Crippen MR) is 76.2 cm³/mol. The van der Waals surface area contributed by atoms with Gasteiger partial charge in [-0.25, -0.2) is 0 Å². The molecule has 3 nitrogen and oxygen atoms in total. The minimum atomic E-state index is -0.413. The number of nitrogens with two attached hydrogens (primary N) is 1. The van der Waals surface area contributed by atoms with Crippen molar-refractivity contribution in [3.63, 3.8) is 0 Å². The van der Waals surface area contributed by atoms with Gasteiger partial charge < -0.3 is 11.1 Å². The van der Waals surface area contributed by atoms with Crippen LogP contribution in [0.4, 0.5) is 0 Å². The van der Waals surface area contributed by atoms with E-state index in [0.717, 1.165) is 12.5 Å². The molecule has 106 valence electrons. The minimum absolute atomic E-state index is 0.000106. The predicted octanol–water partition coefficient (Wildman–Crippen LogP) is 2.69. The summed E-state index contributed by atoms with van der Waals surface area (Å²) < 4.78 is 0. The molecule has 0 heterocycles. The lowest BCUT2D eigenvalue weighted by atomic mass is 9.80. The van der Waals surface area contributed by atoms with E-state index < -0.39 is 6.04 Å². The van der Waals surface area contributed by atoms with Crippen molar-refractivity contribution in [3.8, 4) is 0 Å². The first-order valence-electron chi connectivity index (χ1n) is 7.37. The molecular weight excluding hydrogens is 224 g/mol. The van der Waals surface area contributed by atoms with Gasteiger partial charge in [-0.2, -0.15) is 0 Å². The fourth-order valence-electron chi connectivity index (χ4n) is 2.59. The average molecular weight is 254 g/mol. The summed E-state index contributed by atoms with van der Waals surface area (Å²) in [6.45, 7) is 9.09. The van der Waals surface area contributed by atoms with E-state index in [4.69, 9.17) is 5.73 Å². The summed E-state index contributed by atoms with van der Waals surface area (Å²) in [6.07, 6.45) is 6.45. The van der Waals surface area contributed by atoms with Crippen molar-refractivity contribution < 1.29 is 4.79 Å². The molecule has 0 radical (unpaired) electrons. The molecule has 0 bridgehead atoms. The van der Waals surface area contributed by atoms with Crippen molar-refractivity contribution in [3.05, 3.63) is 0 Å². The van der Waals surface area contributed by atoms with Gasteiger partial charge in [-0.15, -0.1) is 0 Å². The quantitative estimate of drug-likeness (QED) is 0.810. The Balaban J connectivity index is 2.27. The molecule has 0 aromatic heterocycles. The molecule has 1 atom stereocenters. The Morgan fingerprint density at radius 1 is 1.22 bits per heavy atom. The summed E-state index contributed by atoms with van der Waals surface area (Å²) in [6, 6.07) is -0.413. The Morgan fingerprint density at radius 2 is 1.72 bits per heavy atom. The summed E-state index contributed by atoms with van der Waals surface area (Å²) in [5, 5.41) is 3.03. The Hall–Kier alpha value is -0.570. The largest absolute Gasteiger partial charge is 0.354 e. The van der Waals surface area contributed by atoms with Crippen molar-refractivity contribution in [2.24, 2.45) is 23.0 Å². The maximum Gasteiger partial charge on any atom is 0.237 e. The highest BCUT2D eigenvalue weighted by Crippen LogP contribution is 2.30. The lowest BCUT2D eigenvalue weighted by Crippen LogP contribution is -2.49. The SMILES string of the molecule is CCC1CCC(CNC(=O)[C@H](N)C(C)(C)C)CC1. The summed E-state index contributed by atoms with van der Waals surface area (Å²) in [7, 11) is 0. The van der Waals surface area contributed by atoms with E-state index in [1.807, 2.05) is 20.8 Å². The number of carbonyl (C=O) groups is 1. The highest BCUT2D eigenvalue weighted by Gasteiger charge is 2.28. The third-order valence-corrected chi connectivity index (χ3v) is 4.32. The third-order valence-electron chi connectivity index (χ3n) is 4.32. The molecule has 1 aliphatic rings. The number of carbonyl (C=O) groups excluding carboxylic acids is 1. The fourth-order valence-corrected chi connectivity index (χ4v) is 2.59. The summed E-state index contributed by atoms with van der Waals surface area (Å²) in [4.78, 5) is 11.9. The van der Waals surface area contributed by atoms with Crippen molar-refractivity contribution in [1.29, 1.82) is 0 Å². The van der Waals surface area contributed by atoms with Gasteiger partial charge in [0.15, 0.2) is 0 Å². The van der Waals surface area contributed by atoms with Crippen LogP contribution in [0.15, 0.2) is 0 Å². The summed E-state index contributed by atoms with van der Waals surface area (Å²) >= 11 is 0. The number of hydrogen-bond acceptors (Lipinski definition) is 2. The first-order valence-corrected chi connectivity index (χ1v) is 7.37. The van der Waals surface area contributed by atoms with Crippen LogP contribution in [-0.2, 0) is 4.79 Å². The molecule has 3 heteroatoms. The Kier molecular flexibility index (Phi) is 5.64. The standard InChI is InChI=1S/C15H30N2O/c1-5-11-6-8-12(9-7-11)10-17-14(18)13(16)15(2,3)4/h11-13H,5-10,16H2,1-4H3,(H,17,18)/t11?,12?,13-/m0/s1. The van der Waals surface area contributed by atoms with Gasteiger partial charge in [0.05, 0.1) is 6.04 Å². The molecule has 0 unspecified atom stereocenters. The van der Waals surface area contributed by atoms with Crippen LogP contribution in [0, 0.1) is 17.3 Å². The van der Waals surface area contributed by atoms with Crippen LogP contribution in [-0.4, -0.2) is 18.5 Å². The second kappa shape index (κ2) is 6.55. The molecule has 0 saturated heterocycles. The van der Waals surface area contributed by atoms with Gasteiger partial charge >= 0.3 is 0 Å². The molecule has 3 N–H and O–H groups in total.